The van der Waals surface area contributed by atoms with E-state index in [0.29, 0.717) is 0 Å². The lowest BCUT2D eigenvalue weighted by atomic mass is 10.1. The average Bonchev–Trinajstić information content (AvgIpc) is 1.65. The van der Waals surface area contributed by atoms with Crippen molar-refractivity contribution in [2.24, 2.45) is 5.92 Å². The highest BCUT2D eigenvalue weighted by molar-refractivity contribution is 4.95. The molecule has 0 aliphatic heterocycles. The molecule has 0 heterocycles. The molecule has 9 heavy (non-hydrogen) atoms. The van der Waals surface area contributed by atoms with E-state index < -0.39 is 12.1 Å². The fraction of sp³-hybridized carbons (Fsp3) is 0.667. The molecular weight excluding hydrogens is 129 g/mol. The zero-order valence-electron chi connectivity index (χ0n) is 5.00. The molecule has 0 radical (unpaired) electrons. The molecule has 0 amide bonds. The van der Waals surface area contributed by atoms with E-state index >= 15 is 0 Å². The second-order valence-electron chi connectivity index (χ2n) is 1.67. The highest BCUT2D eigenvalue weighted by Crippen LogP contribution is 2.27. The van der Waals surface area contributed by atoms with Crippen molar-refractivity contribution in [3.8, 4) is 12.3 Å². The van der Waals surface area contributed by atoms with Gasteiger partial charge in [0.15, 0.2) is 0 Å². The number of halogens is 3. The Morgan fingerprint density at radius 3 is 2.00 bits per heavy atom. The average molecular weight is 136 g/mol. The summed E-state index contributed by atoms with van der Waals surface area (Å²) in [4.78, 5) is 0. The van der Waals surface area contributed by atoms with Crippen LogP contribution in [0.4, 0.5) is 13.2 Å². The predicted octanol–water partition coefficient (Wildman–Crippen LogP) is 2.21. The van der Waals surface area contributed by atoms with E-state index in [-0.39, 0.29) is 6.42 Å². The van der Waals surface area contributed by atoms with Gasteiger partial charge in [0.2, 0.25) is 0 Å². The first-order valence-electron chi connectivity index (χ1n) is 2.55. The summed E-state index contributed by atoms with van der Waals surface area (Å²) in [6, 6.07) is 0. The van der Waals surface area contributed by atoms with Crippen molar-refractivity contribution in [2.45, 2.75) is 19.5 Å². The van der Waals surface area contributed by atoms with Crippen LogP contribution in [0.15, 0.2) is 0 Å². The van der Waals surface area contributed by atoms with Crippen molar-refractivity contribution < 1.29 is 13.2 Å². The lowest BCUT2D eigenvalue weighted by molar-refractivity contribution is -0.158. The van der Waals surface area contributed by atoms with E-state index in [1.165, 1.54) is 6.92 Å². The van der Waals surface area contributed by atoms with E-state index in [9.17, 15) is 13.2 Å². The number of rotatable bonds is 1. The maximum atomic E-state index is 11.6. The fourth-order valence-corrected chi connectivity index (χ4v) is 0.444. The van der Waals surface area contributed by atoms with Gasteiger partial charge in [0.25, 0.3) is 0 Å². The van der Waals surface area contributed by atoms with Crippen LogP contribution in [0.2, 0.25) is 0 Å². The van der Waals surface area contributed by atoms with Crippen LogP contribution in [0.25, 0.3) is 0 Å². The monoisotopic (exact) mass is 136 g/mol. The number of terminal acetylenes is 1. The van der Waals surface area contributed by atoms with Crippen molar-refractivity contribution >= 4 is 0 Å². The van der Waals surface area contributed by atoms with E-state index in [0.717, 1.165) is 0 Å². The molecule has 0 unspecified atom stereocenters. The third-order valence-electron chi connectivity index (χ3n) is 1.00. The number of hydrogen-bond donors (Lipinski definition) is 0. The molecule has 0 nitrogen and oxygen atoms in total. The van der Waals surface area contributed by atoms with Crippen LogP contribution in [0.3, 0.4) is 0 Å². The van der Waals surface area contributed by atoms with E-state index in [1.54, 1.807) is 5.92 Å². The van der Waals surface area contributed by atoms with Crippen LogP contribution in [-0.4, -0.2) is 6.18 Å². The Morgan fingerprint density at radius 1 is 1.56 bits per heavy atom. The van der Waals surface area contributed by atoms with E-state index in [4.69, 9.17) is 0 Å². The van der Waals surface area contributed by atoms with Gasteiger partial charge >= 0.3 is 6.18 Å². The summed E-state index contributed by atoms with van der Waals surface area (Å²) in [7, 11) is 0. The smallest absolute Gasteiger partial charge is 0.170 e. The molecule has 0 aromatic heterocycles. The molecule has 0 bridgehead atoms. The first-order valence-corrected chi connectivity index (χ1v) is 2.55. The van der Waals surface area contributed by atoms with E-state index in [2.05, 4.69) is 6.42 Å². The molecule has 0 fully saturated rings. The van der Waals surface area contributed by atoms with Gasteiger partial charge in [-0.05, 0) is 6.42 Å². The summed E-state index contributed by atoms with van der Waals surface area (Å²) < 4.78 is 34.7. The summed E-state index contributed by atoms with van der Waals surface area (Å²) >= 11 is 0. The molecule has 52 valence electrons. The van der Waals surface area contributed by atoms with Crippen LogP contribution < -0.4 is 0 Å². The van der Waals surface area contributed by atoms with Crippen molar-refractivity contribution in [1.82, 2.24) is 0 Å². The highest BCUT2D eigenvalue weighted by Gasteiger charge is 2.36. The second-order valence-corrected chi connectivity index (χ2v) is 1.67. The third-order valence-corrected chi connectivity index (χ3v) is 1.00. The number of hydrogen-bond acceptors (Lipinski definition) is 0. The Morgan fingerprint density at radius 2 is 2.00 bits per heavy atom. The standard InChI is InChI=1S/C6H7F3/c1-3-5(4-2)6(7,8)9/h1,5H,4H2,2H3/t5-/m1/s1. The zero-order valence-corrected chi connectivity index (χ0v) is 5.00. The molecule has 0 N–H and O–H groups in total. The van der Waals surface area contributed by atoms with Crippen LogP contribution >= 0.6 is 0 Å². The fourth-order valence-electron chi connectivity index (χ4n) is 0.444. The molecule has 0 aliphatic carbocycles. The molecule has 0 spiro atoms. The van der Waals surface area contributed by atoms with Gasteiger partial charge in [-0.2, -0.15) is 13.2 Å². The van der Waals surface area contributed by atoms with Crippen LogP contribution in [0.1, 0.15) is 13.3 Å². The molecule has 1 atom stereocenters. The summed E-state index contributed by atoms with van der Waals surface area (Å²) in [6.45, 7) is 1.41. The van der Waals surface area contributed by atoms with Gasteiger partial charge in [-0.1, -0.05) is 12.8 Å². The largest absolute Gasteiger partial charge is 0.402 e. The van der Waals surface area contributed by atoms with Gasteiger partial charge in [0, 0.05) is 0 Å². The maximum Gasteiger partial charge on any atom is 0.402 e. The SMILES string of the molecule is C#C[C@H](CC)C(F)(F)F. The van der Waals surface area contributed by atoms with Gasteiger partial charge in [0.1, 0.15) is 5.92 Å². The predicted molar refractivity (Wildman–Crippen MR) is 28.7 cm³/mol. The minimum absolute atomic E-state index is 0.0417. The Balaban J connectivity index is 4.00. The van der Waals surface area contributed by atoms with Gasteiger partial charge in [0.05, 0.1) is 0 Å². The number of alkyl halides is 3. The summed E-state index contributed by atoms with van der Waals surface area (Å²) in [6.07, 6.45) is 0.339. The van der Waals surface area contributed by atoms with Crippen LogP contribution in [-0.2, 0) is 0 Å². The van der Waals surface area contributed by atoms with Gasteiger partial charge < -0.3 is 0 Å². The van der Waals surface area contributed by atoms with Gasteiger partial charge in [-0.15, -0.1) is 6.42 Å². The first-order chi connectivity index (χ1) is 4.02. The molecule has 0 rings (SSSR count). The molecule has 0 aliphatic rings. The Bertz CT molecular complexity index is 117. The zero-order chi connectivity index (χ0) is 7.49. The Labute approximate surface area is 52.1 Å². The van der Waals surface area contributed by atoms with Crippen LogP contribution in [0.5, 0.6) is 0 Å². The van der Waals surface area contributed by atoms with Crippen molar-refractivity contribution in [1.29, 1.82) is 0 Å². The summed E-state index contributed by atoms with van der Waals surface area (Å²) in [5, 5.41) is 0. The van der Waals surface area contributed by atoms with Crippen molar-refractivity contribution in [2.75, 3.05) is 0 Å². The maximum absolute atomic E-state index is 11.6. The van der Waals surface area contributed by atoms with Crippen molar-refractivity contribution in [3.05, 3.63) is 0 Å². The van der Waals surface area contributed by atoms with E-state index in [1.807, 2.05) is 0 Å². The molecule has 0 aromatic carbocycles. The molecular formula is C6H7F3. The van der Waals surface area contributed by atoms with Crippen molar-refractivity contribution in [3.63, 3.8) is 0 Å². The summed E-state index contributed by atoms with van der Waals surface area (Å²) in [5.74, 6) is 0.0949. The molecule has 0 saturated heterocycles. The van der Waals surface area contributed by atoms with Gasteiger partial charge in [-0.25, -0.2) is 0 Å². The topological polar surface area (TPSA) is 0 Å². The minimum atomic E-state index is -4.22. The lowest BCUT2D eigenvalue weighted by Gasteiger charge is -2.10. The quantitative estimate of drug-likeness (QED) is 0.485. The van der Waals surface area contributed by atoms with Gasteiger partial charge in [-0.3, -0.25) is 0 Å². The molecule has 0 aromatic rings. The molecule has 3 heteroatoms. The third kappa shape index (κ3) is 2.41. The normalized spacial score (nSPS) is 14.6. The molecule has 0 saturated carbocycles. The van der Waals surface area contributed by atoms with Crippen LogP contribution in [0, 0.1) is 18.3 Å². The summed E-state index contributed by atoms with van der Waals surface area (Å²) in [5.41, 5.74) is 0. The minimum Gasteiger partial charge on any atom is -0.170 e. The Kier molecular flexibility index (Phi) is 2.57. The second kappa shape index (κ2) is 2.77. The lowest BCUT2D eigenvalue weighted by Crippen LogP contribution is -2.19. The highest BCUT2D eigenvalue weighted by atomic mass is 19.4. The first kappa shape index (κ1) is 8.35. The Hall–Kier alpha value is -0.650.